The number of benzene rings is 2. The second-order valence-electron chi connectivity index (χ2n) is 7.31. The lowest BCUT2D eigenvalue weighted by atomic mass is 10.2. The molecular formula is C24H27N3O4. The van der Waals surface area contributed by atoms with Crippen LogP contribution in [-0.2, 0) is 13.2 Å². The number of rotatable bonds is 10. The molecule has 7 heteroatoms. The van der Waals surface area contributed by atoms with Gasteiger partial charge in [-0.15, -0.1) is 0 Å². The Labute approximate surface area is 181 Å². The molecule has 0 saturated heterocycles. The molecule has 1 N–H and O–H groups in total. The van der Waals surface area contributed by atoms with Crippen LogP contribution in [0.5, 0.6) is 5.75 Å². The molecule has 0 saturated carbocycles. The summed E-state index contributed by atoms with van der Waals surface area (Å²) in [4.78, 5) is 33.1. The zero-order valence-electron chi connectivity index (χ0n) is 17.8. The van der Waals surface area contributed by atoms with Gasteiger partial charge in [-0.3, -0.25) is 9.59 Å². The maximum atomic E-state index is 12.7. The molecule has 3 aromatic rings. The van der Waals surface area contributed by atoms with Crippen LogP contribution in [0.4, 0.5) is 0 Å². The summed E-state index contributed by atoms with van der Waals surface area (Å²) in [6, 6.07) is 20.4. The van der Waals surface area contributed by atoms with Gasteiger partial charge >= 0.3 is 0 Å². The number of hydrogen-bond acceptors (Lipinski definition) is 5. The first-order chi connectivity index (χ1) is 15.0. The highest BCUT2D eigenvalue weighted by molar-refractivity contribution is 5.92. The maximum absolute atomic E-state index is 12.7. The average Bonchev–Trinajstić information content (AvgIpc) is 2.78. The molecule has 0 aliphatic heterocycles. The fraction of sp³-hybridized carbons (Fsp3) is 0.250. The van der Waals surface area contributed by atoms with Crippen molar-refractivity contribution < 1.29 is 14.4 Å². The minimum absolute atomic E-state index is 0.113. The zero-order chi connectivity index (χ0) is 22.1. The maximum Gasteiger partial charge on any atom is 0.271 e. The highest BCUT2D eigenvalue weighted by Gasteiger charge is 2.16. The highest BCUT2D eigenvalue weighted by atomic mass is 16.7. The number of carbonyl (C=O) groups excluding carboxylic acids is 1. The number of likely N-dealkylation sites (N-methyl/N-ethyl adjacent to an activating group) is 1. The van der Waals surface area contributed by atoms with Crippen molar-refractivity contribution in [3.05, 3.63) is 100.0 Å². The van der Waals surface area contributed by atoms with Crippen molar-refractivity contribution in [2.45, 2.75) is 13.2 Å². The molecule has 1 heterocycles. The second-order valence-corrected chi connectivity index (χ2v) is 7.31. The largest absolute Gasteiger partial charge is 0.483 e. The number of aromatic nitrogens is 1. The fourth-order valence-electron chi connectivity index (χ4n) is 2.82. The minimum Gasteiger partial charge on any atom is -0.483 e. The van der Waals surface area contributed by atoms with Crippen LogP contribution in [0.2, 0.25) is 0 Å². The summed E-state index contributed by atoms with van der Waals surface area (Å²) in [7, 11) is 3.84. The molecule has 1 aromatic heterocycles. The van der Waals surface area contributed by atoms with Crippen LogP contribution in [0.15, 0.2) is 77.7 Å². The first kappa shape index (κ1) is 22.1. The molecule has 0 spiro atoms. The average molecular weight is 421 g/mol. The Morgan fingerprint density at radius 1 is 0.968 bits per heavy atom. The molecule has 0 radical (unpaired) electrons. The van der Waals surface area contributed by atoms with E-state index in [9.17, 15) is 9.59 Å². The van der Waals surface area contributed by atoms with Crippen molar-refractivity contribution in [1.82, 2.24) is 14.9 Å². The quantitative estimate of drug-likeness (QED) is 0.544. The van der Waals surface area contributed by atoms with Gasteiger partial charge in [-0.05, 0) is 25.2 Å². The van der Waals surface area contributed by atoms with E-state index in [4.69, 9.17) is 9.57 Å². The van der Waals surface area contributed by atoms with Crippen molar-refractivity contribution in [2.24, 2.45) is 0 Å². The van der Waals surface area contributed by atoms with Crippen LogP contribution in [0, 0.1) is 0 Å². The SMILES string of the molecule is CN(C)CCNC(=O)c1cc(=O)c(OCc2ccccc2)cn1OCc1ccccc1. The first-order valence-electron chi connectivity index (χ1n) is 10.1. The van der Waals surface area contributed by atoms with Crippen molar-refractivity contribution in [3.8, 4) is 5.75 Å². The monoisotopic (exact) mass is 421 g/mol. The summed E-state index contributed by atoms with van der Waals surface area (Å²) in [5.74, 6) is -0.275. The number of hydrogen-bond donors (Lipinski definition) is 1. The number of nitrogens with zero attached hydrogens (tertiary/aromatic N) is 2. The highest BCUT2D eigenvalue weighted by Crippen LogP contribution is 2.10. The molecule has 2 aromatic carbocycles. The molecule has 0 aliphatic carbocycles. The lowest BCUT2D eigenvalue weighted by molar-refractivity contribution is 0.0734. The van der Waals surface area contributed by atoms with E-state index in [1.807, 2.05) is 79.7 Å². The third kappa shape index (κ3) is 6.72. The van der Waals surface area contributed by atoms with Crippen LogP contribution < -0.4 is 20.3 Å². The van der Waals surface area contributed by atoms with Gasteiger partial charge in [-0.1, -0.05) is 60.7 Å². The summed E-state index contributed by atoms with van der Waals surface area (Å²) in [5.41, 5.74) is 1.61. The minimum atomic E-state index is -0.387. The van der Waals surface area contributed by atoms with E-state index >= 15 is 0 Å². The Morgan fingerprint density at radius 2 is 1.58 bits per heavy atom. The zero-order valence-corrected chi connectivity index (χ0v) is 17.8. The van der Waals surface area contributed by atoms with Gasteiger partial charge in [0.05, 0.1) is 6.20 Å². The predicted octanol–water partition coefficient (Wildman–Crippen LogP) is 2.35. The third-order valence-corrected chi connectivity index (χ3v) is 4.51. The van der Waals surface area contributed by atoms with Gasteiger partial charge in [0.1, 0.15) is 18.9 Å². The summed E-state index contributed by atoms with van der Waals surface area (Å²) in [6.07, 6.45) is 1.43. The Balaban J connectivity index is 1.80. The summed E-state index contributed by atoms with van der Waals surface area (Å²) in [6.45, 7) is 1.60. The molecule has 31 heavy (non-hydrogen) atoms. The number of amides is 1. The van der Waals surface area contributed by atoms with Crippen LogP contribution in [0.3, 0.4) is 0 Å². The topological polar surface area (TPSA) is 72.8 Å². The van der Waals surface area contributed by atoms with E-state index in [1.165, 1.54) is 17.0 Å². The van der Waals surface area contributed by atoms with E-state index in [-0.39, 0.29) is 36.0 Å². The summed E-state index contributed by atoms with van der Waals surface area (Å²) >= 11 is 0. The molecule has 1 amide bonds. The molecule has 7 nitrogen and oxygen atoms in total. The second kappa shape index (κ2) is 11.0. The van der Waals surface area contributed by atoms with Gasteiger partial charge in [0.25, 0.3) is 5.91 Å². The Morgan fingerprint density at radius 3 is 2.19 bits per heavy atom. The van der Waals surface area contributed by atoms with Gasteiger partial charge in [0, 0.05) is 19.2 Å². The van der Waals surface area contributed by atoms with Gasteiger partial charge in [0.2, 0.25) is 5.43 Å². The molecule has 0 unspecified atom stereocenters. The third-order valence-electron chi connectivity index (χ3n) is 4.51. The number of nitrogens with one attached hydrogen (secondary N) is 1. The van der Waals surface area contributed by atoms with Crippen LogP contribution in [0.25, 0.3) is 0 Å². The van der Waals surface area contributed by atoms with E-state index in [1.54, 1.807) is 0 Å². The van der Waals surface area contributed by atoms with Crippen LogP contribution in [-0.4, -0.2) is 42.7 Å². The fourth-order valence-corrected chi connectivity index (χ4v) is 2.82. The molecule has 162 valence electrons. The van der Waals surface area contributed by atoms with E-state index < -0.39 is 0 Å². The number of pyridine rings is 1. The predicted molar refractivity (Wildman–Crippen MR) is 119 cm³/mol. The van der Waals surface area contributed by atoms with Crippen molar-refractivity contribution >= 4 is 5.91 Å². The van der Waals surface area contributed by atoms with Crippen molar-refractivity contribution in [2.75, 3.05) is 27.2 Å². The van der Waals surface area contributed by atoms with E-state index in [0.29, 0.717) is 13.1 Å². The summed E-state index contributed by atoms with van der Waals surface area (Å²) < 4.78 is 7.02. The Hall–Kier alpha value is -3.58. The normalized spacial score (nSPS) is 10.7. The number of carbonyl (C=O) groups is 1. The standard InChI is InChI=1S/C24H27N3O4/c1-26(2)14-13-25-24(29)21-15-22(28)23(30-17-19-9-5-3-6-10-19)16-27(21)31-18-20-11-7-4-8-12-20/h3-12,15-16H,13-14,17-18H2,1-2H3,(H,25,29). The molecule has 0 fully saturated rings. The van der Waals surface area contributed by atoms with Gasteiger partial charge in [-0.25, -0.2) is 0 Å². The van der Waals surface area contributed by atoms with Crippen molar-refractivity contribution in [3.63, 3.8) is 0 Å². The van der Waals surface area contributed by atoms with Gasteiger partial charge in [0.15, 0.2) is 5.75 Å². The van der Waals surface area contributed by atoms with E-state index in [0.717, 1.165) is 11.1 Å². The van der Waals surface area contributed by atoms with Crippen LogP contribution in [0.1, 0.15) is 21.6 Å². The molecule has 0 atom stereocenters. The lowest BCUT2D eigenvalue weighted by Gasteiger charge is -2.17. The van der Waals surface area contributed by atoms with Crippen LogP contribution >= 0.6 is 0 Å². The van der Waals surface area contributed by atoms with Gasteiger partial charge in [-0.2, -0.15) is 4.73 Å². The first-order valence-corrected chi connectivity index (χ1v) is 10.1. The van der Waals surface area contributed by atoms with Crippen molar-refractivity contribution in [1.29, 1.82) is 0 Å². The molecule has 3 rings (SSSR count). The Kier molecular flexibility index (Phi) is 7.84. The molecule has 0 aliphatic rings. The van der Waals surface area contributed by atoms with E-state index in [2.05, 4.69) is 5.32 Å². The Bertz CT molecular complexity index is 1030. The molecular weight excluding hydrogens is 394 g/mol. The summed E-state index contributed by atoms with van der Waals surface area (Å²) in [5, 5.41) is 2.81. The molecule has 0 bridgehead atoms. The smallest absolute Gasteiger partial charge is 0.271 e. The van der Waals surface area contributed by atoms with Gasteiger partial charge < -0.3 is 19.8 Å². The number of ether oxygens (including phenoxy) is 1. The lowest BCUT2D eigenvalue weighted by Crippen LogP contribution is -2.35.